The van der Waals surface area contributed by atoms with Crippen LogP contribution in [0.5, 0.6) is 0 Å². The van der Waals surface area contributed by atoms with Crippen molar-refractivity contribution in [1.29, 1.82) is 0 Å². The van der Waals surface area contributed by atoms with E-state index in [-0.39, 0.29) is 12.5 Å². The van der Waals surface area contributed by atoms with E-state index in [4.69, 9.17) is 0 Å². The molecule has 6 nitrogen and oxygen atoms in total. The maximum Gasteiger partial charge on any atom is 0.251 e. The summed E-state index contributed by atoms with van der Waals surface area (Å²) < 4.78 is 25.1. The molecule has 160 valence electrons. The number of nitrogens with zero attached hydrogens (tertiary/aromatic N) is 2. The average Bonchev–Trinajstić information content (AvgIpc) is 2.76. The maximum absolute atomic E-state index is 12.5. The van der Waals surface area contributed by atoms with Crippen molar-refractivity contribution in [3.63, 3.8) is 0 Å². The fourth-order valence-corrected chi connectivity index (χ4v) is 4.47. The van der Waals surface area contributed by atoms with Crippen LogP contribution in [0.15, 0.2) is 61.2 Å². The lowest BCUT2D eigenvalue weighted by Gasteiger charge is -2.28. The van der Waals surface area contributed by atoms with Crippen LogP contribution in [0.4, 0.5) is 11.4 Å². The van der Waals surface area contributed by atoms with Crippen LogP contribution in [0.3, 0.4) is 0 Å². The minimum absolute atomic E-state index is 0.178. The first-order valence-corrected chi connectivity index (χ1v) is 12.0. The van der Waals surface area contributed by atoms with Gasteiger partial charge in [0.2, 0.25) is 10.0 Å². The third-order valence-corrected chi connectivity index (χ3v) is 6.38. The number of amides is 1. The molecular formula is C23H29N3O3S. The summed E-state index contributed by atoms with van der Waals surface area (Å²) in [5.41, 5.74) is 3.25. The summed E-state index contributed by atoms with van der Waals surface area (Å²) in [7, 11) is -3.41. The minimum Gasteiger partial charge on any atom is -0.372 e. The van der Waals surface area contributed by atoms with Crippen LogP contribution in [0.1, 0.15) is 35.2 Å². The molecule has 7 heteroatoms. The highest BCUT2D eigenvalue weighted by Gasteiger charge is 2.16. The number of benzene rings is 2. The highest BCUT2D eigenvalue weighted by atomic mass is 32.2. The van der Waals surface area contributed by atoms with Crippen molar-refractivity contribution in [3.8, 4) is 0 Å². The van der Waals surface area contributed by atoms with E-state index in [9.17, 15) is 13.2 Å². The van der Waals surface area contributed by atoms with Crippen molar-refractivity contribution in [2.24, 2.45) is 0 Å². The molecule has 1 heterocycles. The van der Waals surface area contributed by atoms with Crippen LogP contribution in [0.25, 0.3) is 0 Å². The number of hydrogen-bond acceptors (Lipinski definition) is 4. The zero-order chi connectivity index (χ0) is 21.6. The third kappa shape index (κ3) is 5.63. The Kier molecular flexibility index (Phi) is 7.15. The lowest BCUT2D eigenvalue weighted by molar-refractivity contribution is 0.0951. The molecule has 1 N–H and O–H groups in total. The number of carbonyl (C=O) groups excluding carboxylic acids is 1. The van der Waals surface area contributed by atoms with Crippen molar-refractivity contribution in [2.75, 3.05) is 35.1 Å². The number of hydrogen-bond donors (Lipinski definition) is 1. The molecule has 1 aliphatic heterocycles. The molecule has 30 heavy (non-hydrogen) atoms. The van der Waals surface area contributed by atoms with Gasteiger partial charge in [-0.2, -0.15) is 0 Å². The zero-order valence-electron chi connectivity index (χ0n) is 17.4. The molecule has 0 atom stereocenters. The van der Waals surface area contributed by atoms with Gasteiger partial charge < -0.3 is 10.2 Å². The molecule has 0 aromatic heterocycles. The second kappa shape index (κ2) is 9.80. The standard InChI is InChI=1S/C23H29N3O3S/c1-3-15-26(30(2,28)29)22-13-9-20(10-14-22)23(27)24-18-19-7-11-21(12-8-19)25-16-5-4-6-17-25/h3,7-14H,1,4-6,15-18H2,2H3,(H,24,27). The van der Waals surface area contributed by atoms with Gasteiger partial charge in [0.1, 0.15) is 0 Å². The summed E-state index contributed by atoms with van der Waals surface area (Å²) in [6.45, 7) is 6.43. The van der Waals surface area contributed by atoms with Crippen LogP contribution in [-0.2, 0) is 16.6 Å². The first-order chi connectivity index (χ1) is 14.4. The molecule has 0 radical (unpaired) electrons. The number of rotatable bonds is 8. The second-order valence-corrected chi connectivity index (χ2v) is 9.43. The lowest BCUT2D eigenvalue weighted by Crippen LogP contribution is -2.30. The van der Waals surface area contributed by atoms with Gasteiger partial charge in [0, 0.05) is 30.9 Å². The SMILES string of the molecule is C=CCN(c1ccc(C(=O)NCc2ccc(N3CCCCC3)cc2)cc1)S(C)(=O)=O. The summed E-state index contributed by atoms with van der Waals surface area (Å²) in [6.07, 6.45) is 6.46. The molecule has 2 aromatic carbocycles. The molecule has 0 spiro atoms. The molecule has 1 fully saturated rings. The third-order valence-electron chi connectivity index (χ3n) is 5.22. The maximum atomic E-state index is 12.5. The van der Waals surface area contributed by atoms with Gasteiger partial charge in [0.25, 0.3) is 5.91 Å². The highest BCUT2D eigenvalue weighted by molar-refractivity contribution is 7.92. The molecular weight excluding hydrogens is 398 g/mol. The summed E-state index contributed by atoms with van der Waals surface area (Å²) >= 11 is 0. The van der Waals surface area contributed by atoms with E-state index >= 15 is 0 Å². The fourth-order valence-electron chi connectivity index (χ4n) is 3.59. The van der Waals surface area contributed by atoms with Crippen molar-refractivity contribution in [2.45, 2.75) is 25.8 Å². The van der Waals surface area contributed by atoms with Crippen LogP contribution < -0.4 is 14.5 Å². The van der Waals surface area contributed by atoms with Gasteiger partial charge in [-0.15, -0.1) is 6.58 Å². The van der Waals surface area contributed by atoms with E-state index in [1.165, 1.54) is 35.3 Å². The fraction of sp³-hybridized carbons (Fsp3) is 0.348. The summed E-state index contributed by atoms with van der Waals surface area (Å²) in [5, 5.41) is 2.92. The normalized spacial score (nSPS) is 14.2. The Bertz CT molecular complexity index is 964. The number of sulfonamides is 1. The number of nitrogens with one attached hydrogen (secondary N) is 1. The van der Waals surface area contributed by atoms with Crippen LogP contribution in [0.2, 0.25) is 0 Å². The Labute approximate surface area is 179 Å². The van der Waals surface area contributed by atoms with Gasteiger partial charge in [0.15, 0.2) is 0 Å². The van der Waals surface area contributed by atoms with E-state index in [1.54, 1.807) is 24.3 Å². The molecule has 1 amide bonds. The summed E-state index contributed by atoms with van der Waals surface area (Å²) in [6, 6.07) is 14.8. The van der Waals surface area contributed by atoms with Gasteiger partial charge in [-0.1, -0.05) is 18.2 Å². The van der Waals surface area contributed by atoms with Crippen LogP contribution in [-0.4, -0.2) is 40.2 Å². The van der Waals surface area contributed by atoms with E-state index < -0.39 is 10.0 Å². The largest absolute Gasteiger partial charge is 0.372 e. The average molecular weight is 428 g/mol. The molecule has 3 rings (SSSR count). The Morgan fingerprint density at radius 3 is 2.27 bits per heavy atom. The second-order valence-electron chi connectivity index (χ2n) is 7.53. The van der Waals surface area contributed by atoms with Crippen molar-refractivity contribution in [3.05, 3.63) is 72.3 Å². The van der Waals surface area contributed by atoms with Gasteiger partial charge in [-0.3, -0.25) is 9.10 Å². The molecule has 0 aliphatic carbocycles. The van der Waals surface area contributed by atoms with E-state index in [0.717, 1.165) is 24.9 Å². The topological polar surface area (TPSA) is 69.7 Å². The first kappa shape index (κ1) is 21.9. The number of piperidine rings is 1. The van der Waals surface area contributed by atoms with Gasteiger partial charge >= 0.3 is 0 Å². The number of anilines is 2. The quantitative estimate of drug-likeness (QED) is 0.654. The molecule has 1 saturated heterocycles. The van der Waals surface area contributed by atoms with Crippen molar-refractivity contribution >= 4 is 27.3 Å². The molecule has 1 aliphatic rings. The Morgan fingerprint density at radius 1 is 1.07 bits per heavy atom. The van der Waals surface area contributed by atoms with Gasteiger partial charge in [-0.25, -0.2) is 8.42 Å². The molecule has 2 aromatic rings. The van der Waals surface area contributed by atoms with Gasteiger partial charge in [0.05, 0.1) is 18.5 Å². The Balaban J connectivity index is 1.58. The molecule has 0 saturated carbocycles. The van der Waals surface area contributed by atoms with Crippen molar-refractivity contribution < 1.29 is 13.2 Å². The van der Waals surface area contributed by atoms with Gasteiger partial charge in [-0.05, 0) is 61.2 Å². The summed E-state index contributed by atoms with van der Waals surface area (Å²) in [5.74, 6) is -0.198. The molecule has 0 unspecified atom stereocenters. The predicted molar refractivity (Wildman–Crippen MR) is 123 cm³/mol. The van der Waals surface area contributed by atoms with Crippen molar-refractivity contribution in [1.82, 2.24) is 5.32 Å². The minimum atomic E-state index is -3.41. The monoisotopic (exact) mass is 427 g/mol. The lowest BCUT2D eigenvalue weighted by atomic mass is 10.1. The van der Waals surface area contributed by atoms with Crippen LogP contribution in [0, 0.1) is 0 Å². The predicted octanol–water partition coefficient (Wildman–Crippen LogP) is 3.56. The first-order valence-electron chi connectivity index (χ1n) is 10.2. The van der Waals surface area contributed by atoms with E-state index in [1.807, 2.05) is 12.1 Å². The Hall–Kier alpha value is -2.80. The van der Waals surface area contributed by atoms with E-state index in [2.05, 4.69) is 28.9 Å². The molecule has 0 bridgehead atoms. The Morgan fingerprint density at radius 2 is 1.70 bits per heavy atom. The van der Waals surface area contributed by atoms with E-state index in [0.29, 0.717) is 17.8 Å². The zero-order valence-corrected chi connectivity index (χ0v) is 18.2. The highest BCUT2D eigenvalue weighted by Crippen LogP contribution is 2.21. The van der Waals surface area contributed by atoms with Crippen LogP contribution >= 0.6 is 0 Å². The smallest absolute Gasteiger partial charge is 0.251 e. The number of carbonyl (C=O) groups is 1. The summed E-state index contributed by atoms with van der Waals surface area (Å²) in [4.78, 5) is 14.9.